The molecule has 10 rings (SSSR count). The first-order valence-electron chi connectivity index (χ1n) is 28.9. The Balaban J connectivity index is 0.000000214. The highest BCUT2D eigenvalue weighted by molar-refractivity contribution is 6.01. The molecule has 0 aromatic heterocycles. The molecule has 0 aromatic carbocycles. The minimum Gasteiger partial charge on any atom is -0.448 e. The van der Waals surface area contributed by atoms with Crippen LogP contribution in [0.5, 0.6) is 0 Å². The van der Waals surface area contributed by atoms with Gasteiger partial charge in [-0.3, -0.25) is 24.0 Å². The van der Waals surface area contributed by atoms with Crippen molar-refractivity contribution < 1.29 is 66.6 Å². The van der Waals surface area contributed by atoms with Crippen LogP contribution in [0.4, 0.5) is 0 Å². The third kappa shape index (κ3) is 8.61. The zero-order valence-corrected chi connectivity index (χ0v) is 48.6. The first kappa shape index (κ1) is 66.1. The summed E-state index contributed by atoms with van der Waals surface area (Å²) in [7, 11) is 0. The van der Waals surface area contributed by atoms with Crippen LogP contribution in [0.25, 0.3) is 0 Å². The molecule has 3 heterocycles. The van der Waals surface area contributed by atoms with Crippen LogP contribution >= 0.6 is 0 Å². The fourth-order valence-electron chi connectivity index (χ4n) is 18.0. The van der Waals surface area contributed by atoms with Crippen LogP contribution in [-0.4, -0.2) is 121 Å². The number of ether oxygens (including phenoxy) is 9. The van der Waals surface area contributed by atoms with Crippen molar-refractivity contribution in [2.45, 2.75) is 249 Å². The van der Waals surface area contributed by atoms with Crippen LogP contribution < -0.4 is 0 Å². The van der Waals surface area contributed by atoms with Gasteiger partial charge in [-0.25, -0.2) is 0 Å². The summed E-state index contributed by atoms with van der Waals surface area (Å²) in [6.45, 7) is 37.4. The normalized spacial score (nSPS) is 43.6. The SMILES string of the molecule is C.C.C.C=C[C@@]1(C)CC(=O)OC2(C#CC)C(OCC)C(C)CC[C@@]21OCC.CCOC1C(C)CC[C@@]2(OCC)C13OC(=O)C[C@]2(C)[C@H]1CC(=O)C(C)=C13.CCOC1C(C)CC[C@@]2(OCC)C13OC(=O)C[C@]2(C)[C@H]1CC(=O)C(C)=C13. The predicted octanol–water partition coefficient (Wildman–Crippen LogP) is 11.8. The summed E-state index contributed by atoms with van der Waals surface area (Å²) in [6, 6.07) is 0. The van der Waals surface area contributed by atoms with E-state index in [1.807, 2.05) is 68.4 Å². The molecule has 5 saturated carbocycles. The molecular weight excluding hydrogens is 1000 g/mol. The standard InChI is InChI=1S/2C21H30O5.C20H30O4.3CH4/c2*1-6-24-18-12(3)8-9-20(25-7-2)19(5)11-16(23)26-21(18,20)17-13(4)15(22)10-14(17)19;1-7-12-19-17(22-9-3)15(5)11-13-20(19,23-10-4)18(6,8-2)14-16(21)24-19;;;/h2*12,14,18H,6-11H2,1-5H3;8,15,17H,2,9-11,13-14H2,1,3-6H3;3*1H4/t2*12?,14-,18?,19+,20-,21?;15?,17?,18-,19?,20-;;;/m000.../s1. The number of fused-ring (bicyclic) bond motifs is 5. The molecule has 0 radical (unpaired) electrons. The lowest BCUT2D eigenvalue weighted by atomic mass is 9.53. The molecule has 7 aliphatic carbocycles. The van der Waals surface area contributed by atoms with Crippen LogP contribution in [0, 0.1) is 57.7 Å². The van der Waals surface area contributed by atoms with Gasteiger partial charge in [-0.1, -0.05) is 69.9 Å². The molecule has 0 amide bonds. The number of carbonyl (C=O) groups is 5. The Hall–Kier alpha value is -3.71. The van der Waals surface area contributed by atoms with E-state index in [-0.39, 0.29) is 106 Å². The summed E-state index contributed by atoms with van der Waals surface area (Å²) in [5.41, 5.74) is -2.94. The van der Waals surface area contributed by atoms with Gasteiger partial charge in [-0.2, -0.15) is 0 Å². The molecule has 0 spiro atoms. The molecule has 4 bridgehead atoms. The highest BCUT2D eigenvalue weighted by Gasteiger charge is 2.85. The molecule has 9 unspecified atom stereocenters. The fourth-order valence-corrected chi connectivity index (χ4v) is 18.0. The van der Waals surface area contributed by atoms with Crippen LogP contribution in [-0.2, 0) is 66.6 Å². The Morgan fingerprint density at radius 3 is 1.27 bits per heavy atom. The number of hydrogen-bond donors (Lipinski definition) is 0. The number of allylic oxidation sites excluding steroid dienone is 2. The first-order valence-corrected chi connectivity index (χ1v) is 28.9. The lowest BCUT2D eigenvalue weighted by molar-refractivity contribution is -0.296. The molecule has 10 aliphatic rings. The lowest BCUT2D eigenvalue weighted by Crippen LogP contribution is -2.76. The third-order valence-corrected chi connectivity index (χ3v) is 21.0. The quantitative estimate of drug-likeness (QED) is 0.0739. The average molecular weight is 1110 g/mol. The Bertz CT molecular complexity index is 2370. The van der Waals surface area contributed by atoms with Crippen LogP contribution in [0.3, 0.4) is 0 Å². The van der Waals surface area contributed by atoms with E-state index in [0.717, 1.165) is 60.8 Å². The Morgan fingerprint density at radius 1 is 0.544 bits per heavy atom. The van der Waals surface area contributed by atoms with Crippen molar-refractivity contribution >= 4 is 29.5 Å². The van der Waals surface area contributed by atoms with Gasteiger partial charge in [0.15, 0.2) is 22.8 Å². The molecule has 3 saturated heterocycles. The van der Waals surface area contributed by atoms with E-state index >= 15 is 0 Å². The zero-order valence-electron chi connectivity index (χ0n) is 48.6. The maximum absolute atomic E-state index is 12.8. The molecule has 14 heteroatoms. The van der Waals surface area contributed by atoms with E-state index in [0.29, 0.717) is 65.3 Å². The Morgan fingerprint density at radius 2 is 0.899 bits per heavy atom. The van der Waals surface area contributed by atoms with Crippen molar-refractivity contribution in [3.63, 3.8) is 0 Å². The monoisotopic (exact) mass is 1110 g/mol. The molecule has 79 heavy (non-hydrogen) atoms. The number of esters is 3. The van der Waals surface area contributed by atoms with Gasteiger partial charge in [0, 0.05) is 80.6 Å². The number of ketones is 2. The van der Waals surface area contributed by atoms with Gasteiger partial charge in [0.2, 0.25) is 5.60 Å². The average Bonchev–Trinajstić information content (AvgIpc) is 1.99. The van der Waals surface area contributed by atoms with Gasteiger partial charge in [-0.15, -0.1) is 12.5 Å². The van der Waals surface area contributed by atoms with E-state index in [9.17, 15) is 24.0 Å². The predicted molar refractivity (Wildman–Crippen MR) is 305 cm³/mol. The summed E-state index contributed by atoms with van der Waals surface area (Å²) in [5.74, 6) is 6.58. The molecule has 3 aliphatic heterocycles. The van der Waals surface area contributed by atoms with E-state index in [1.165, 1.54) is 0 Å². The van der Waals surface area contributed by atoms with Gasteiger partial charge >= 0.3 is 17.9 Å². The van der Waals surface area contributed by atoms with Crippen molar-refractivity contribution in [1.29, 1.82) is 0 Å². The molecular formula is C65H102O14. The van der Waals surface area contributed by atoms with Gasteiger partial charge in [0.05, 0.1) is 19.3 Å². The topological polar surface area (TPSA) is 168 Å². The summed E-state index contributed by atoms with van der Waals surface area (Å²) >= 11 is 0. The van der Waals surface area contributed by atoms with Gasteiger partial charge in [0.1, 0.15) is 35.1 Å². The van der Waals surface area contributed by atoms with E-state index in [4.69, 9.17) is 42.6 Å². The van der Waals surface area contributed by atoms with Crippen molar-refractivity contribution in [2.75, 3.05) is 39.6 Å². The van der Waals surface area contributed by atoms with E-state index in [1.54, 1.807) is 6.92 Å². The second-order valence-electron chi connectivity index (χ2n) is 24.4. The highest BCUT2D eigenvalue weighted by Crippen LogP contribution is 2.75. The lowest BCUT2D eigenvalue weighted by Gasteiger charge is -2.62. The smallest absolute Gasteiger partial charge is 0.308 e. The van der Waals surface area contributed by atoms with Crippen molar-refractivity contribution in [3.8, 4) is 11.8 Å². The van der Waals surface area contributed by atoms with Crippen LogP contribution in [0.2, 0.25) is 0 Å². The zero-order chi connectivity index (χ0) is 55.8. The van der Waals surface area contributed by atoms with E-state index < -0.39 is 49.9 Å². The second-order valence-corrected chi connectivity index (χ2v) is 24.4. The third-order valence-electron chi connectivity index (χ3n) is 21.0. The highest BCUT2D eigenvalue weighted by atomic mass is 16.6. The molecule has 8 fully saturated rings. The minimum atomic E-state index is -1.11. The molecule has 0 N–H and O–H groups in total. The summed E-state index contributed by atoms with van der Waals surface area (Å²) < 4.78 is 56.5. The van der Waals surface area contributed by atoms with Gasteiger partial charge in [0.25, 0.3) is 0 Å². The summed E-state index contributed by atoms with van der Waals surface area (Å²) in [6.07, 6.45) is 8.00. The molecule has 17 atom stereocenters. The molecule has 0 aromatic rings. The maximum atomic E-state index is 12.8. The summed E-state index contributed by atoms with van der Waals surface area (Å²) in [5, 5.41) is 0. The van der Waals surface area contributed by atoms with Crippen molar-refractivity contribution in [2.24, 2.45) is 45.8 Å². The number of hydrogen-bond acceptors (Lipinski definition) is 14. The molecule has 14 nitrogen and oxygen atoms in total. The fraction of sp³-hybridized carbons (Fsp3) is 0.800. The summed E-state index contributed by atoms with van der Waals surface area (Å²) in [4.78, 5) is 63.3. The maximum Gasteiger partial charge on any atom is 0.308 e. The Kier molecular flexibility index (Phi) is 19.7. The van der Waals surface area contributed by atoms with Crippen molar-refractivity contribution in [1.82, 2.24) is 0 Å². The van der Waals surface area contributed by atoms with E-state index in [2.05, 4.69) is 53.0 Å². The number of rotatable bonds is 13. The van der Waals surface area contributed by atoms with Gasteiger partial charge in [-0.05, 0) is 147 Å². The van der Waals surface area contributed by atoms with Crippen LogP contribution in [0.15, 0.2) is 34.9 Å². The Labute approximate surface area is 475 Å². The first-order chi connectivity index (χ1) is 35.9. The number of Topliss-reactive ketones (excluding diaryl/α,β-unsaturated/α-hetero) is 2. The van der Waals surface area contributed by atoms with Gasteiger partial charge < -0.3 is 42.6 Å². The minimum absolute atomic E-state index is 0. The second kappa shape index (κ2) is 23.5. The van der Waals surface area contributed by atoms with Crippen molar-refractivity contribution in [3.05, 3.63) is 34.9 Å². The number of carbonyl (C=O) groups excluding carboxylic acids is 5. The molecule has 446 valence electrons. The largest absolute Gasteiger partial charge is 0.448 e. The van der Waals surface area contributed by atoms with Crippen LogP contribution in [0.1, 0.15) is 197 Å².